The van der Waals surface area contributed by atoms with E-state index in [0.717, 1.165) is 21.9 Å². The number of hydroxylamine groups is 2. The summed E-state index contributed by atoms with van der Waals surface area (Å²) in [7, 11) is 0. The fraction of sp³-hybridized carbons (Fsp3) is 0.250. The molecule has 2 aliphatic heterocycles. The highest BCUT2D eigenvalue weighted by atomic mass is 32.2. The molecule has 0 aromatic heterocycles. The van der Waals surface area contributed by atoms with Crippen molar-refractivity contribution in [2.24, 2.45) is 0 Å². The lowest BCUT2D eigenvalue weighted by Crippen LogP contribution is -2.34. The first-order chi connectivity index (χ1) is 4.75. The number of thioether (sulfide) groups is 1. The summed E-state index contributed by atoms with van der Waals surface area (Å²) in [5, 5.41) is 12.1. The van der Waals surface area contributed by atoms with Crippen LogP contribution in [0.3, 0.4) is 0 Å². The van der Waals surface area contributed by atoms with Crippen molar-refractivity contribution < 1.29 is 10.0 Å². The van der Waals surface area contributed by atoms with E-state index in [1.165, 1.54) is 6.20 Å². The summed E-state index contributed by atoms with van der Waals surface area (Å²) in [6.45, 7) is 0.314. The Labute approximate surface area is 61.2 Å². The number of rotatable bonds is 0. The van der Waals surface area contributed by atoms with Crippen LogP contribution in [0.5, 0.6) is 0 Å². The lowest BCUT2D eigenvalue weighted by atomic mass is 10.9. The monoisotopic (exact) mass is 159 g/mol. The molecule has 10 heavy (non-hydrogen) atoms. The quantitative estimate of drug-likeness (QED) is 0.525. The first-order valence-electron chi connectivity index (χ1n) is 2.69. The van der Waals surface area contributed by atoms with Gasteiger partial charge in [-0.25, -0.2) is 5.06 Å². The summed E-state index contributed by atoms with van der Waals surface area (Å²) in [6.07, 6.45) is 1.50. The number of amides is 1. The second-order valence-corrected chi connectivity index (χ2v) is 2.97. The van der Waals surface area contributed by atoms with Crippen molar-refractivity contribution in [1.82, 2.24) is 15.5 Å². The lowest BCUT2D eigenvalue weighted by Gasteiger charge is -2.12. The van der Waals surface area contributed by atoms with Gasteiger partial charge in [-0.05, 0) is 11.8 Å². The number of hydrogen-bond donors (Lipinski definition) is 2. The Hall–Kier alpha value is -0.880. The lowest BCUT2D eigenvalue weighted by molar-refractivity contribution is -0.0585. The topological polar surface area (TPSA) is 55.8 Å². The van der Waals surface area contributed by atoms with Gasteiger partial charge in [0.1, 0.15) is 11.7 Å². The number of carbonyl (C=O) groups excluding carboxylic acids is 1. The molecule has 2 heterocycles. The number of carbonyl (C=O) groups is 1. The van der Waals surface area contributed by atoms with E-state index in [4.69, 9.17) is 5.21 Å². The van der Waals surface area contributed by atoms with Gasteiger partial charge in [-0.2, -0.15) is 0 Å². The minimum atomic E-state index is -0.0978. The molecule has 0 bridgehead atoms. The van der Waals surface area contributed by atoms with Crippen LogP contribution in [0.15, 0.2) is 11.2 Å². The largest absolute Gasteiger partial charge is 0.304 e. The molecule has 0 radical (unpaired) electrons. The summed E-state index contributed by atoms with van der Waals surface area (Å²) in [4.78, 5) is 10.6. The van der Waals surface area contributed by atoms with Crippen LogP contribution in [0, 0.1) is 0 Å². The van der Waals surface area contributed by atoms with Gasteiger partial charge in [0.2, 0.25) is 0 Å². The van der Waals surface area contributed by atoms with Gasteiger partial charge in [-0.3, -0.25) is 20.4 Å². The molecule has 0 spiro atoms. The molecule has 2 rings (SSSR count). The molecule has 0 aromatic rings. The molecule has 0 saturated carbocycles. The fourth-order valence-corrected chi connectivity index (χ4v) is 1.59. The molecule has 54 valence electrons. The summed E-state index contributed by atoms with van der Waals surface area (Å²) in [5.41, 5.74) is 2.53. The van der Waals surface area contributed by atoms with E-state index in [0.29, 0.717) is 6.67 Å². The molecule has 0 unspecified atom stereocenters. The zero-order valence-electron chi connectivity index (χ0n) is 4.94. The second-order valence-electron chi connectivity index (χ2n) is 1.98. The first kappa shape index (κ1) is 5.87. The molecule has 0 aliphatic carbocycles. The van der Waals surface area contributed by atoms with E-state index in [-0.39, 0.29) is 5.24 Å². The highest BCUT2D eigenvalue weighted by molar-refractivity contribution is 8.17. The molecule has 1 fully saturated rings. The van der Waals surface area contributed by atoms with Crippen LogP contribution < -0.4 is 5.43 Å². The van der Waals surface area contributed by atoms with Gasteiger partial charge < -0.3 is 0 Å². The Morgan fingerprint density at radius 3 is 3.30 bits per heavy atom. The van der Waals surface area contributed by atoms with Crippen LogP contribution in [0.4, 0.5) is 4.79 Å². The number of hydrogen-bond acceptors (Lipinski definition) is 5. The van der Waals surface area contributed by atoms with E-state index >= 15 is 0 Å². The zero-order chi connectivity index (χ0) is 7.14. The predicted octanol–water partition coefficient (Wildman–Crippen LogP) is 0.121. The molecule has 1 saturated heterocycles. The van der Waals surface area contributed by atoms with Crippen LogP contribution in [0.1, 0.15) is 0 Å². The van der Waals surface area contributed by atoms with Crippen molar-refractivity contribution in [2.45, 2.75) is 0 Å². The van der Waals surface area contributed by atoms with Gasteiger partial charge in [0.05, 0.1) is 6.20 Å². The maximum atomic E-state index is 10.6. The Bertz CT molecular complexity index is 217. The van der Waals surface area contributed by atoms with Gasteiger partial charge in [0, 0.05) is 0 Å². The summed E-state index contributed by atoms with van der Waals surface area (Å²) >= 11 is 1.08. The summed E-state index contributed by atoms with van der Waals surface area (Å²) < 4.78 is 0. The predicted molar refractivity (Wildman–Crippen MR) is 34.5 cm³/mol. The average Bonchev–Trinajstić information content (AvgIpc) is 2.21. The summed E-state index contributed by atoms with van der Waals surface area (Å²) in [5.74, 6) is 0. The van der Waals surface area contributed by atoms with E-state index in [9.17, 15) is 4.79 Å². The second kappa shape index (κ2) is 1.80. The average molecular weight is 159 g/mol. The molecule has 1 amide bonds. The van der Waals surface area contributed by atoms with E-state index in [1.807, 2.05) is 0 Å². The van der Waals surface area contributed by atoms with Crippen molar-refractivity contribution in [2.75, 3.05) is 6.67 Å². The Morgan fingerprint density at radius 2 is 2.60 bits per heavy atom. The molecule has 2 aliphatic rings. The first-order valence-corrected chi connectivity index (χ1v) is 3.51. The molecular weight excluding hydrogens is 154 g/mol. The summed E-state index contributed by atoms with van der Waals surface area (Å²) in [6, 6.07) is 0. The number of nitrogens with zero attached hydrogens (tertiary/aromatic N) is 2. The minimum absolute atomic E-state index is 0.0978. The van der Waals surface area contributed by atoms with Gasteiger partial charge >= 0.3 is 5.24 Å². The third-order valence-corrected chi connectivity index (χ3v) is 2.05. The normalized spacial score (nSPS) is 22.9. The fourth-order valence-electron chi connectivity index (χ4n) is 0.852. The molecular formula is C4H5N3O2S. The Kier molecular flexibility index (Phi) is 1.06. The highest BCUT2D eigenvalue weighted by Gasteiger charge is 2.30. The highest BCUT2D eigenvalue weighted by Crippen LogP contribution is 2.29. The number of hydrazine groups is 1. The van der Waals surface area contributed by atoms with Crippen LogP contribution in [0.25, 0.3) is 0 Å². The third-order valence-electron chi connectivity index (χ3n) is 1.24. The van der Waals surface area contributed by atoms with Gasteiger partial charge in [-0.15, -0.1) is 0 Å². The maximum absolute atomic E-state index is 10.6. The minimum Gasteiger partial charge on any atom is -0.287 e. The van der Waals surface area contributed by atoms with E-state index < -0.39 is 0 Å². The van der Waals surface area contributed by atoms with Crippen LogP contribution in [0.2, 0.25) is 0 Å². The van der Waals surface area contributed by atoms with Gasteiger partial charge in [0.25, 0.3) is 0 Å². The van der Waals surface area contributed by atoms with Crippen LogP contribution >= 0.6 is 11.8 Å². The van der Waals surface area contributed by atoms with Crippen LogP contribution in [-0.2, 0) is 0 Å². The Morgan fingerprint density at radius 1 is 1.80 bits per heavy atom. The zero-order valence-corrected chi connectivity index (χ0v) is 5.76. The van der Waals surface area contributed by atoms with Gasteiger partial charge in [0.15, 0.2) is 0 Å². The van der Waals surface area contributed by atoms with Gasteiger partial charge in [-0.1, -0.05) is 0 Å². The maximum Gasteiger partial charge on any atom is 0.304 e. The standard InChI is InChI=1S/C4H5N3O2S/c8-4-5-7-2-6(9)1-3(7)10-4/h1,9H,2H2,(H,5,8). The van der Waals surface area contributed by atoms with Crippen molar-refractivity contribution in [3.8, 4) is 0 Å². The third kappa shape index (κ3) is 0.729. The molecule has 0 atom stereocenters. The molecule has 6 heteroatoms. The number of fused-ring (bicyclic) bond motifs is 1. The Balaban J connectivity index is 2.21. The molecule has 0 aromatic carbocycles. The van der Waals surface area contributed by atoms with Crippen molar-refractivity contribution >= 4 is 17.0 Å². The van der Waals surface area contributed by atoms with E-state index in [1.54, 1.807) is 5.01 Å². The van der Waals surface area contributed by atoms with Crippen molar-refractivity contribution in [3.63, 3.8) is 0 Å². The van der Waals surface area contributed by atoms with Crippen molar-refractivity contribution in [3.05, 3.63) is 11.2 Å². The van der Waals surface area contributed by atoms with Crippen molar-refractivity contribution in [1.29, 1.82) is 0 Å². The molecule has 2 N–H and O–H groups in total. The molecule has 5 nitrogen and oxygen atoms in total. The van der Waals surface area contributed by atoms with Crippen LogP contribution in [-0.4, -0.2) is 27.2 Å². The smallest absolute Gasteiger partial charge is 0.287 e. The SMILES string of the molecule is O=C1NN2CN(O)C=C2S1. The van der Waals surface area contributed by atoms with E-state index in [2.05, 4.69) is 5.43 Å². The number of nitrogens with one attached hydrogen (secondary N) is 1.